The molecule has 110 valence electrons. The molecule has 3 nitrogen and oxygen atoms in total. The van der Waals surface area contributed by atoms with E-state index in [4.69, 9.17) is 11.6 Å². The maximum absolute atomic E-state index is 12.8. The second kappa shape index (κ2) is 5.64. The normalized spacial score (nSPS) is 18.4. The molecule has 21 heavy (non-hydrogen) atoms. The Hall–Kier alpha value is -1.61. The fourth-order valence-electron chi connectivity index (χ4n) is 3.22. The first-order chi connectivity index (χ1) is 10.1. The predicted octanol–water partition coefficient (Wildman–Crippen LogP) is 3.76. The van der Waals surface area contributed by atoms with Crippen molar-refractivity contribution in [2.45, 2.75) is 32.6 Å². The van der Waals surface area contributed by atoms with E-state index in [1.807, 2.05) is 32.2 Å². The van der Waals surface area contributed by atoms with Crippen LogP contribution in [0.4, 0.5) is 0 Å². The summed E-state index contributed by atoms with van der Waals surface area (Å²) in [5.74, 6) is 0.261. The molecule has 0 saturated carbocycles. The van der Waals surface area contributed by atoms with Crippen molar-refractivity contribution in [1.82, 2.24) is 9.78 Å². The minimum absolute atomic E-state index is 0.00838. The van der Waals surface area contributed by atoms with Gasteiger partial charge in [0.15, 0.2) is 5.78 Å². The number of nitrogens with zero attached hydrogens (tertiary/aromatic N) is 2. The van der Waals surface area contributed by atoms with Crippen LogP contribution in [0.25, 0.3) is 0 Å². The van der Waals surface area contributed by atoms with Gasteiger partial charge in [0, 0.05) is 24.1 Å². The van der Waals surface area contributed by atoms with Gasteiger partial charge in [-0.2, -0.15) is 5.10 Å². The number of hydrogen-bond donors (Lipinski definition) is 0. The first-order valence-electron chi connectivity index (χ1n) is 7.38. The van der Waals surface area contributed by atoms with E-state index in [1.165, 1.54) is 5.56 Å². The van der Waals surface area contributed by atoms with E-state index in [2.05, 4.69) is 11.2 Å². The lowest BCUT2D eigenvalue weighted by Crippen LogP contribution is -2.17. The largest absolute Gasteiger partial charge is 0.294 e. The lowest BCUT2D eigenvalue weighted by molar-refractivity contribution is 0.0915. The van der Waals surface area contributed by atoms with Crippen molar-refractivity contribution in [3.63, 3.8) is 0 Å². The molecule has 0 aliphatic heterocycles. The third-order valence-electron chi connectivity index (χ3n) is 4.37. The summed E-state index contributed by atoms with van der Waals surface area (Å²) in [4.78, 5) is 12.8. The van der Waals surface area contributed by atoms with Crippen molar-refractivity contribution in [1.29, 1.82) is 0 Å². The highest BCUT2D eigenvalue weighted by Crippen LogP contribution is 2.30. The molecule has 1 aliphatic carbocycles. The number of carbonyl (C=O) groups is 1. The summed E-state index contributed by atoms with van der Waals surface area (Å²) < 4.78 is 1.68. The van der Waals surface area contributed by atoms with E-state index < -0.39 is 0 Å². The number of benzene rings is 1. The average molecular weight is 303 g/mol. The molecule has 0 radical (unpaired) electrons. The number of rotatable bonds is 2. The first-order valence-corrected chi connectivity index (χ1v) is 7.76. The van der Waals surface area contributed by atoms with Crippen LogP contribution in [0.1, 0.15) is 40.0 Å². The van der Waals surface area contributed by atoms with Gasteiger partial charge in [-0.05, 0) is 38.2 Å². The Morgan fingerprint density at radius 3 is 2.86 bits per heavy atom. The second-order valence-corrected chi connectivity index (χ2v) is 6.15. The molecule has 1 aromatic carbocycles. The lowest BCUT2D eigenvalue weighted by Gasteiger charge is -2.13. The summed E-state index contributed by atoms with van der Waals surface area (Å²) in [5, 5.41) is 4.99. The third-order valence-corrected chi connectivity index (χ3v) is 4.85. The Morgan fingerprint density at radius 2 is 2.14 bits per heavy atom. The average Bonchev–Trinajstić information content (AvgIpc) is 2.63. The van der Waals surface area contributed by atoms with E-state index in [9.17, 15) is 4.79 Å². The number of carbonyl (C=O) groups excluding carboxylic acids is 1. The molecule has 1 aromatic heterocycles. The number of fused-ring (bicyclic) bond motifs is 1. The number of ketones is 1. The molecule has 1 unspecified atom stereocenters. The summed E-state index contributed by atoms with van der Waals surface area (Å²) in [7, 11) is 1.84. The highest BCUT2D eigenvalue weighted by Gasteiger charge is 2.27. The second-order valence-electron chi connectivity index (χ2n) is 5.79. The minimum atomic E-state index is 0.00838. The maximum atomic E-state index is 12.8. The number of Topliss-reactive ketones (excluding diaryl/α,β-unsaturated/α-hetero) is 1. The fourth-order valence-corrected chi connectivity index (χ4v) is 3.47. The van der Waals surface area contributed by atoms with Crippen LogP contribution in [-0.2, 0) is 19.9 Å². The quantitative estimate of drug-likeness (QED) is 0.792. The standard InChI is InChI=1S/C17H19ClN2O/c1-11-15(17(18)20(2)19-11)10-13-8-5-7-12-6-3-4-9-14(12)16(13)21/h3-4,6,9,13H,5,7-8,10H2,1-2H3. The summed E-state index contributed by atoms with van der Waals surface area (Å²) in [6, 6.07) is 7.97. The maximum Gasteiger partial charge on any atom is 0.166 e. The van der Waals surface area contributed by atoms with E-state index in [1.54, 1.807) is 4.68 Å². The van der Waals surface area contributed by atoms with Crippen molar-refractivity contribution in [3.05, 3.63) is 51.8 Å². The van der Waals surface area contributed by atoms with Crippen LogP contribution < -0.4 is 0 Å². The number of aryl methyl sites for hydroxylation is 3. The van der Waals surface area contributed by atoms with Crippen LogP contribution in [0.3, 0.4) is 0 Å². The van der Waals surface area contributed by atoms with Crippen molar-refractivity contribution in [2.24, 2.45) is 13.0 Å². The van der Waals surface area contributed by atoms with Gasteiger partial charge in [0.05, 0.1) is 5.69 Å². The third kappa shape index (κ3) is 2.62. The first kappa shape index (κ1) is 14.3. The van der Waals surface area contributed by atoms with Gasteiger partial charge in [-0.1, -0.05) is 35.9 Å². The van der Waals surface area contributed by atoms with Gasteiger partial charge in [-0.15, -0.1) is 0 Å². The Balaban J connectivity index is 1.91. The number of halogens is 1. The van der Waals surface area contributed by atoms with Gasteiger partial charge in [-0.3, -0.25) is 9.48 Å². The summed E-state index contributed by atoms with van der Waals surface area (Å²) in [5.41, 5.74) is 4.00. The smallest absolute Gasteiger partial charge is 0.166 e. The van der Waals surface area contributed by atoms with Gasteiger partial charge in [0.2, 0.25) is 0 Å². The monoisotopic (exact) mass is 302 g/mol. The Kier molecular flexibility index (Phi) is 3.85. The topological polar surface area (TPSA) is 34.9 Å². The van der Waals surface area contributed by atoms with Gasteiger partial charge < -0.3 is 0 Å². The molecule has 0 fully saturated rings. The van der Waals surface area contributed by atoms with E-state index >= 15 is 0 Å². The van der Waals surface area contributed by atoms with Gasteiger partial charge in [0.1, 0.15) is 5.15 Å². The zero-order valence-electron chi connectivity index (χ0n) is 12.4. The van der Waals surface area contributed by atoms with Crippen LogP contribution in [0.15, 0.2) is 24.3 Å². The zero-order chi connectivity index (χ0) is 15.0. The predicted molar refractivity (Wildman–Crippen MR) is 83.9 cm³/mol. The van der Waals surface area contributed by atoms with Gasteiger partial charge in [0.25, 0.3) is 0 Å². The van der Waals surface area contributed by atoms with Crippen LogP contribution in [0, 0.1) is 12.8 Å². The Morgan fingerprint density at radius 1 is 1.38 bits per heavy atom. The molecule has 0 spiro atoms. The molecule has 0 N–H and O–H groups in total. The Labute approximate surface area is 129 Å². The molecular weight excluding hydrogens is 284 g/mol. The summed E-state index contributed by atoms with van der Waals surface area (Å²) in [6.45, 7) is 1.95. The molecule has 0 bridgehead atoms. The highest BCUT2D eigenvalue weighted by atomic mass is 35.5. The van der Waals surface area contributed by atoms with Crippen molar-refractivity contribution in [3.8, 4) is 0 Å². The number of hydrogen-bond acceptors (Lipinski definition) is 2. The molecule has 2 aromatic rings. The van der Waals surface area contributed by atoms with E-state index in [0.29, 0.717) is 11.6 Å². The molecular formula is C17H19ClN2O. The van der Waals surface area contributed by atoms with Crippen LogP contribution in [0.2, 0.25) is 5.15 Å². The van der Waals surface area contributed by atoms with Crippen LogP contribution >= 0.6 is 11.6 Å². The van der Waals surface area contributed by atoms with Crippen LogP contribution in [0.5, 0.6) is 0 Å². The summed E-state index contributed by atoms with van der Waals surface area (Å²) >= 11 is 6.31. The molecule has 3 rings (SSSR count). The number of aromatic nitrogens is 2. The lowest BCUT2D eigenvalue weighted by atomic mass is 9.89. The van der Waals surface area contributed by atoms with Gasteiger partial charge in [-0.25, -0.2) is 0 Å². The minimum Gasteiger partial charge on any atom is -0.294 e. The van der Waals surface area contributed by atoms with Crippen molar-refractivity contribution < 1.29 is 4.79 Å². The van der Waals surface area contributed by atoms with Crippen LogP contribution in [-0.4, -0.2) is 15.6 Å². The summed E-state index contributed by atoms with van der Waals surface area (Å²) in [6.07, 6.45) is 3.63. The molecule has 1 atom stereocenters. The van der Waals surface area contributed by atoms with E-state index in [0.717, 1.165) is 36.1 Å². The zero-order valence-corrected chi connectivity index (χ0v) is 13.2. The SMILES string of the molecule is Cc1nn(C)c(Cl)c1CC1CCCc2ccccc2C1=O. The van der Waals surface area contributed by atoms with Gasteiger partial charge >= 0.3 is 0 Å². The molecule has 0 saturated heterocycles. The highest BCUT2D eigenvalue weighted by molar-refractivity contribution is 6.30. The Bertz CT molecular complexity index is 690. The molecule has 4 heteroatoms. The molecule has 1 aliphatic rings. The fraction of sp³-hybridized carbons (Fsp3) is 0.412. The van der Waals surface area contributed by atoms with E-state index in [-0.39, 0.29) is 11.7 Å². The van der Waals surface area contributed by atoms with Crippen molar-refractivity contribution in [2.75, 3.05) is 0 Å². The molecule has 1 heterocycles. The molecule has 0 amide bonds. The van der Waals surface area contributed by atoms with Crippen molar-refractivity contribution >= 4 is 17.4 Å².